The molecule has 1 aliphatic heterocycles. The molecule has 25 heavy (non-hydrogen) atoms. The van der Waals surface area contributed by atoms with Crippen LogP contribution in [0.5, 0.6) is 0 Å². The molecule has 134 valence electrons. The zero-order valence-electron chi connectivity index (χ0n) is 14.4. The minimum absolute atomic E-state index is 0.125. The topological polar surface area (TPSA) is 96.6 Å². The van der Waals surface area contributed by atoms with Gasteiger partial charge < -0.3 is 24.7 Å². The summed E-state index contributed by atoms with van der Waals surface area (Å²) in [6, 6.07) is 5.34. The zero-order chi connectivity index (χ0) is 17.9. The number of methoxy groups -OCH3 is 1. The second-order valence-electron chi connectivity index (χ2n) is 6.15. The first-order chi connectivity index (χ1) is 12.1. The molecular weight excluding hydrogens is 324 g/mol. The lowest BCUT2D eigenvalue weighted by Gasteiger charge is -2.33. The number of imidazole rings is 1. The van der Waals surface area contributed by atoms with Crippen LogP contribution >= 0.6 is 0 Å². The quantitative estimate of drug-likeness (QED) is 0.843. The van der Waals surface area contributed by atoms with Gasteiger partial charge in [-0.2, -0.15) is 0 Å². The Morgan fingerprint density at radius 3 is 3.08 bits per heavy atom. The van der Waals surface area contributed by atoms with Crippen LogP contribution in [0.2, 0.25) is 0 Å². The summed E-state index contributed by atoms with van der Waals surface area (Å²) >= 11 is 0. The van der Waals surface area contributed by atoms with Crippen LogP contribution in [-0.4, -0.2) is 72.7 Å². The molecule has 3 rings (SSSR count). The monoisotopic (exact) mass is 346 g/mol. The van der Waals surface area contributed by atoms with Gasteiger partial charge in [0, 0.05) is 26.3 Å². The van der Waals surface area contributed by atoms with Gasteiger partial charge in [0.1, 0.15) is 5.60 Å². The van der Waals surface area contributed by atoms with Crippen molar-refractivity contribution < 1.29 is 19.1 Å². The maximum absolute atomic E-state index is 13.0. The van der Waals surface area contributed by atoms with E-state index < -0.39 is 5.60 Å². The van der Waals surface area contributed by atoms with Crippen molar-refractivity contribution in [1.82, 2.24) is 20.2 Å². The van der Waals surface area contributed by atoms with Crippen molar-refractivity contribution in [2.45, 2.75) is 12.0 Å². The van der Waals surface area contributed by atoms with Gasteiger partial charge in [0.25, 0.3) is 5.91 Å². The normalized spacial score (nSPS) is 21.1. The van der Waals surface area contributed by atoms with Crippen LogP contribution in [-0.2, 0) is 14.3 Å². The number of ether oxygens (including phenoxy) is 2. The number of hydrogen-bond acceptors (Lipinski definition) is 5. The lowest BCUT2D eigenvalue weighted by molar-refractivity contribution is -0.131. The van der Waals surface area contributed by atoms with E-state index in [2.05, 4.69) is 15.3 Å². The molecule has 1 atom stereocenters. The van der Waals surface area contributed by atoms with Crippen molar-refractivity contribution in [3.8, 4) is 0 Å². The number of hydrogen-bond donors (Lipinski definition) is 2. The van der Waals surface area contributed by atoms with E-state index in [0.717, 1.165) is 11.0 Å². The van der Waals surface area contributed by atoms with Gasteiger partial charge in [-0.3, -0.25) is 9.59 Å². The molecule has 2 amide bonds. The Hall–Kier alpha value is -2.45. The van der Waals surface area contributed by atoms with Crippen molar-refractivity contribution in [3.63, 3.8) is 0 Å². The number of rotatable bonds is 4. The van der Waals surface area contributed by atoms with E-state index in [9.17, 15) is 9.59 Å². The smallest absolute Gasteiger partial charge is 0.254 e. The first kappa shape index (κ1) is 17.4. The molecule has 0 bridgehead atoms. The fraction of sp³-hybridized carbons (Fsp3) is 0.471. The molecular formula is C17H22N4O4. The number of fused-ring (bicyclic) bond motifs is 1. The van der Waals surface area contributed by atoms with Gasteiger partial charge in [-0.15, -0.1) is 0 Å². The van der Waals surface area contributed by atoms with E-state index in [1.54, 1.807) is 30.4 Å². The Kier molecular flexibility index (Phi) is 5.00. The number of H-pyrrole nitrogens is 1. The van der Waals surface area contributed by atoms with Crippen LogP contribution < -0.4 is 5.32 Å². The highest BCUT2D eigenvalue weighted by Crippen LogP contribution is 2.23. The lowest BCUT2D eigenvalue weighted by atomic mass is 9.98. The predicted octanol–water partition coefficient (Wildman–Crippen LogP) is 0.557. The summed E-state index contributed by atoms with van der Waals surface area (Å²) in [4.78, 5) is 33.7. The van der Waals surface area contributed by atoms with Crippen molar-refractivity contribution in [2.75, 3.05) is 40.5 Å². The molecule has 8 nitrogen and oxygen atoms in total. The maximum Gasteiger partial charge on any atom is 0.254 e. The number of benzene rings is 1. The summed E-state index contributed by atoms with van der Waals surface area (Å²) in [5.41, 5.74) is 1.31. The molecule has 0 aliphatic carbocycles. The molecule has 1 aliphatic rings. The average molecular weight is 346 g/mol. The van der Waals surface area contributed by atoms with Crippen molar-refractivity contribution in [1.29, 1.82) is 0 Å². The summed E-state index contributed by atoms with van der Waals surface area (Å²) in [6.07, 6.45) is 1.72. The fourth-order valence-corrected chi connectivity index (χ4v) is 3.01. The van der Waals surface area contributed by atoms with E-state index >= 15 is 0 Å². The molecule has 1 saturated heterocycles. The second-order valence-corrected chi connectivity index (χ2v) is 6.15. The Bertz CT molecular complexity index is 775. The van der Waals surface area contributed by atoms with Gasteiger partial charge in [-0.25, -0.2) is 4.98 Å². The first-order valence-corrected chi connectivity index (χ1v) is 8.13. The number of amides is 2. The van der Waals surface area contributed by atoms with Gasteiger partial charge in [0.05, 0.1) is 43.5 Å². The first-order valence-electron chi connectivity index (χ1n) is 8.13. The highest BCUT2D eigenvalue weighted by Gasteiger charge is 2.38. The Balaban J connectivity index is 1.83. The number of carbonyl (C=O) groups is 2. The largest absolute Gasteiger partial charge is 0.377 e. The Morgan fingerprint density at radius 1 is 1.48 bits per heavy atom. The number of aromatic amines is 1. The minimum Gasteiger partial charge on any atom is -0.377 e. The van der Waals surface area contributed by atoms with E-state index in [0.29, 0.717) is 18.7 Å². The van der Waals surface area contributed by atoms with E-state index in [4.69, 9.17) is 9.47 Å². The van der Waals surface area contributed by atoms with Crippen LogP contribution in [0.4, 0.5) is 0 Å². The minimum atomic E-state index is -0.857. The molecule has 2 N–H and O–H groups in total. The van der Waals surface area contributed by atoms with Crippen molar-refractivity contribution in [3.05, 3.63) is 30.1 Å². The van der Waals surface area contributed by atoms with Crippen LogP contribution in [0, 0.1) is 0 Å². The van der Waals surface area contributed by atoms with Crippen molar-refractivity contribution >= 4 is 22.8 Å². The molecule has 0 spiro atoms. The molecule has 0 radical (unpaired) electrons. The van der Waals surface area contributed by atoms with Gasteiger partial charge in [-0.05, 0) is 18.2 Å². The van der Waals surface area contributed by atoms with Crippen LogP contribution in [0.3, 0.4) is 0 Å². The molecule has 2 heterocycles. The highest BCUT2D eigenvalue weighted by molar-refractivity contribution is 5.97. The van der Waals surface area contributed by atoms with Crippen LogP contribution in [0.25, 0.3) is 11.0 Å². The summed E-state index contributed by atoms with van der Waals surface area (Å²) < 4.78 is 11.2. The maximum atomic E-state index is 13.0. The number of nitrogens with one attached hydrogen (secondary N) is 2. The van der Waals surface area contributed by atoms with Crippen molar-refractivity contribution in [2.24, 2.45) is 0 Å². The van der Waals surface area contributed by atoms with Gasteiger partial charge in [0.2, 0.25) is 5.91 Å². The number of carbonyl (C=O) groups excluding carboxylic acids is 2. The Morgan fingerprint density at radius 2 is 2.32 bits per heavy atom. The van der Waals surface area contributed by atoms with E-state index in [-0.39, 0.29) is 31.4 Å². The SMILES string of the molecule is CNC(=O)CC1(OC)COCCN(C(=O)c2ccc3nc[nH]c3c2)C1. The van der Waals surface area contributed by atoms with Gasteiger partial charge >= 0.3 is 0 Å². The predicted molar refractivity (Wildman–Crippen MR) is 91.2 cm³/mol. The third-order valence-corrected chi connectivity index (χ3v) is 4.50. The second kappa shape index (κ2) is 7.20. The Labute approximate surface area is 145 Å². The van der Waals surface area contributed by atoms with Gasteiger partial charge in [0.15, 0.2) is 0 Å². The molecule has 1 unspecified atom stereocenters. The molecule has 2 aromatic rings. The molecule has 1 aromatic heterocycles. The molecule has 1 fully saturated rings. The summed E-state index contributed by atoms with van der Waals surface area (Å²) in [7, 11) is 3.11. The van der Waals surface area contributed by atoms with Crippen LogP contribution in [0.15, 0.2) is 24.5 Å². The third-order valence-electron chi connectivity index (χ3n) is 4.50. The van der Waals surface area contributed by atoms with Gasteiger partial charge in [-0.1, -0.05) is 0 Å². The fourth-order valence-electron chi connectivity index (χ4n) is 3.01. The third kappa shape index (κ3) is 3.64. The molecule has 8 heteroatoms. The average Bonchev–Trinajstić information content (AvgIpc) is 3.00. The standard InChI is InChI=1S/C17H22N4O4/c1-18-15(22)8-17(24-2)9-21(5-6-25-10-17)16(23)12-3-4-13-14(7-12)20-11-19-13/h3-4,7,11H,5-6,8-10H2,1-2H3,(H,18,22)(H,19,20). The zero-order valence-corrected chi connectivity index (χ0v) is 14.4. The van der Waals surface area contributed by atoms with Crippen LogP contribution in [0.1, 0.15) is 16.8 Å². The molecule has 0 saturated carbocycles. The lowest BCUT2D eigenvalue weighted by Crippen LogP contribution is -2.50. The molecule has 1 aromatic carbocycles. The summed E-state index contributed by atoms with van der Waals surface area (Å²) in [5.74, 6) is -0.279. The number of nitrogens with zero attached hydrogens (tertiary/aromatic N) is 2. The summed E-state index contributed by atoms with van der Waals surface area (Å²) in [6.45, 7) is 1.40. The van der Waals surface area contributed by atoms with E-state index in [1.165, 1.54) is 7.11 Å². The highest BCUT2D eigenvalue weighted by atomic mass is 16.5. The number of aromatic nitrogens is 2. The van der Waals surface area contributed by atoms with E-state index in [1.807, 2.05) is 6.07 Å². The summed E-state index contributed by atoms with van der Waals surface area (Å²) in [5, 5.41) is 2.60.